The van der Waals surface area contributed by atoms with Crippen molar-refractivity contribution >= 4 is 17.5 Å². The lowest BCUT2D eigenvalue weighted by Gasteiger charge is -2.33. The smallest absolute Gasteiger partial charge is 0.277 e. The zero-order chi connectivity index (χ0) is 26.5. The molecule has 1 aliphatic heterocycles. The minimum absolute atomic E-state index is 0.0148. The van der Waals surface area contributed by atoms with Crippen LogP contribution in [0.1, 0.15) is 31.8 Å². The second kappa shape index (κ2) is 11.5. The van der Waals surface area contributed by atoms with Crippen LogP contribution in [0.3, 0.4) is 0 Å². The second-order valence-corrected chi connectivity index (χ2v) is 9.31. The van der Waals surface area contributed by atoms with Crippen LogP contribution in [0.15, 0.2) is 60.7 Å². The molecule has 4 rings (SSSR count). The van der Waals surface area contributed by atoms with Gasteiger partial charge in [0.15, 0.2) is 0 Å². The highest BCUT2D eigenvalue weighted by molar-refractivity contribution is 6.03. The molecule has 1 fully saturated rings. The van der Waals surface area contributed by atoms with E-state index in [0.717, 1.165) is 29.8 Å². The van der Waals surface area contributed by atoms with Crippen LogP contribution in [-0.4, -0.2) is 74.1 Å². The van der Waals surface area contributed by atoms with E-state index in [-0.39, 0.29) is 18.4 Å². The molecule has 3 aromatic rings. The number of ether oxygens (including phenoxy) is 1. The molecule has 37 heavy (non-hydrogen) atoms. The number of carbonyl (C=O) groups excluding carboxylic acids is 2. The van der Waals surface area contributed by atoms with E-state index in [4.69, 9.17) is 15.3 Å². The highest BCUT2D eigenvalue weighted by atomic mass is 16.7. The number of rotatable bonds is 7. The molecule has 0 aromatic heterocycles. The van der Waals surface area contributed by atoms with Crippen molar-refractivity contribution in [1.29, 1.82) is 0 Å². The largest absolute Gasteiger partial charge is 0.494 e. The molecule has 1 aliphatic rings. The highest BCUT2D eigenvalue weighted by Gasteiger charge is 2.25. The fourth-order valence-corrected chi connectivity index (χ4v) is 4.48. The molecule has 1 saturated heterocycles. The zero-order valence-corrected chi connectivity index (χ0v) is 21.9. The number of benzene rings is 3. The maximum absolute atomic E-state index is 13.5. The first-order valence-electron chi connectivity index (χ1n) is 12.3. The summed E-state index contributed by atoms with van der Waals surface area (Å²) in [6.07, 6.45) is 0. The van der Waals surface area contributed by atoms with E-state index in [0.29, 0.717) is 41.2 Å². The fraction of sp³-hybridized carbons (Fsp3) is 0.310. The Hall–Kier alpha value is -3.88. The van der Waals surface area contributed by atoms with Gasteiger partial charge in [0.05, 0.1) is 18.4 Å². The van der Waals surface area contributed by atoms with Crippen LogP contribution in [0.4, 0.5) is 5.69 Å². The molecule has 194 valence electrons. The molecule has 0 unspecified atom stereocenters. The van der Waals surface area contributed by atoms with Crippen LogP contribution in [-0.2, 0) is 11.4 Å². The first-order chi connectivity index (χ1) is 17.8. The maximum atomic E-state index is 13.5. The van der Waals surface area contributed by atoms with Crippen molar-refractivity contribution < 1.29 is 19.2 Å². The van der Waals surface area contributed by atoms with Gasteiger partial charge in [-0.2, -0.15) is 0 Å². The summed E-state index contributed by atoms with van der Waals surface area (Å²) in [5.41, 5.74) is 10.7. The van der Waals surface area contributed by atoms with Gasteiger partial charge in [-0.25, -0.2) is 5.06 Å². The SMILES string of the molecule is COc1c(N)ccc(C(=O)N(C)OCc2ccc(C)cc2C(=O)N2CCN(C)CC2)c1-c1ccccc1. The van der Waals surface area contributed by atoms with Crippen molar-refractivity contribution in [3.8, 4) is 16.9 Å². The first-order valence-corrected chi connectivity index (χ1v) is 12.3. The third kappa shape index (κ3) is 5.76. The predicted octanol–water partition coefficient (Wildman–Crippen LogP) is 3.84. The van der Waals surface area contributed by atoms with Crippen LogP contribution in [0.5, 0.6) is 5.75 Å². The molecule has 0 bridgehead atoms. The van der Waals surface area contributed by atoms with Crippen molar-refractivity contribution in [3.63, 3.8) is 0 Å². The molecule has 2 amide bonds. The molecular formula is C29H34N4O4. The van der Waals surface area contributed by atoms with Crippen LogP contribution in [0, 0.1) is 6.92 Å². The number of nitrogens with zero attached hydrogens (tertiary/aromatic N) is 3. The standard InChI is InChI=1S/C29H34N4O4/c1-20-10-11-22(24(18-20)29(35)33-16-14-31(2)15-17-33)19-37-32(3)28(34)23-12-13-25(30)27(36-4)26(23)21-8-6-5-7-9-21/h5-13,18H,14-17,19,30H2,1-4H3. The number of hydrogen-bond donors (Lipinski definition) is 1. The van der Waals surface area contributed by atoms with E-state index >= 15 is 0 Å². The van der Waals surface area contributed by atoms with Crippen LogP contribution < -0.4 is 10.5 Å². The number of amides is 2. The Morgan fingerprint density at radius 2 is 1.68 bits per heavy atom. The number of piperazine rings is 1. The lowest BCUT2D eigenvalue weighted by molar-refractivity contribution is -0.116. The number of likely N-dealkylation sites (N-methyl/N-ethyl adjacent to an activating group) is 1. The Kier molecular flexibility index (Phi) is 8.11. The summed E-state index contributed by atoms with van der Waals surface area (Å²) >= 11 is 0. The molecular weight excluding hydrogens is 468 g/mol. The summed E-state index contributed by atoms with van der Waals surface area (Å²) in [7, 11) is 5.15. The zero-order valence-electron chi connectivity index (χ0n) is 21.9. The van der Waals surface area contributed by atoms with Gasteiger partial charge < -0.3 is 20.3 Å². The van der Waals surface area contributed by atoms with Gasteiger partial charge in [-0.1, -0.05) is 48.0 Å². The summed E-state index contributed by atoms with van der Waals surface area (Å²) in [6.45, 7) is 5.09. The van der Waals surface area contributed by atoms with Gasteiger partial charge in [-0.05, 0) is 43.3 Å². The number of aryl methyl sites for hydroxylation is 1. The number of hydrogen-bond acceptors (Lipinski definition) is 6. The van der Waals surface area contributed by atoms with Gasteiger partial charge in [-0.15, -0.1) is 0 Å². The number of nitrogens with two attached hydrogens (primary N) is 1. The topological polar surface area (TPSA) is 88.3 Å². The predicted molar refractivity (Wildman–Crippen MR) is 144 cm³/mol. The Balaban J connectivity index is 1.56. The van der Waals surface area contributed by atoms with Gasteiger partial charge in [-0.3, -0.25) is 14.4 Å². The van der Waals surface area contributed by atoms with E-state index in [1.54, 1.807) is 19.2 Å². The van der Waals surface area contributed by atoms with Crippen molar-refractivity contribution in [3.05, 3.63) is 82.9 Å². The van der Waals surface area contributed by atoms with E-state index in [9.17, 15) is 9.59 Å². The molecule has 0 spiro atoms. The first kappa shape index (κ1) is 26.2. The number of anilines is 1. The lowest BCUT2D eigenvalue weighted by Crippen LogP contribution is -2.47. The molecule has 0 atom stereocenters. The minimum atomic E-state index is -0.351. The Labute approximate surface area is 218 Å². The van der Waals surface area contributed by atoms with Crippen LogP contribution in [0.2, 0.25) is 0 Å². The molecule has 1 heterocycles. The summed E-state index contributed by atoms with van der Waals surface area (Å²) in [5.74, 6) is 0.0688. The molecule has 0 saturated carbocycles. The number of hydroxylamine groups is 2. The minimum Gasteiger partial charge on any atom is -0.494 e. The second-order valence-electron chi connectivity index (χ2n) is 9.31. The molecule has 0 radical (unpaired) electrons. The van der Waals surface area contributed by atoms with Crippen molar-refractivity contribution in [2.75, 3.05) is 53.1 Å². The Morgan fingerprint density at radius 3 is 2.35 bits per heavy atom. The molecule has 8 heteroatoms. The van der Waals surface area contributed by atoms with Crippen LogP contribution in [0.25, 0.3) is 11.1 Å². The fourth-order valence-electron chi connectivity index (χ4n) is 4.48. The normalized spacial score (nSPS) is 13.9. The Bertz CT molecular complexity index is 1270. The summed E-state index contributed by atoms with van der Waals surface area (Å²) in [6, 6.07) is 18.5. The summed E-state index contributed by atoms with van der Waals surface area (Å²) < 4.78 is 5.57. The molecule has 8 nitrogen and oxygen atoms in total. The van der Waals surface area contributed by atoms with Gasteiger partial charge in [0.2, 0.25) is 0 Å². The van der Waals surface area contributed by atoms with Crippen molar-refractivity contribution in [2.24, 2.45) is 0 Å². The van der Waals surface area contributed by atoms with Gasteiger partial charge in [0.25, 0.3) is 11.8 Å². The lowest BCUT2D eigenvalue weighted by atomic mass is 9.97. The highest BCUT2D eigenvalue weighted by Crippen LogP contribution is 2.38. The van der Waals surface area contributed by atoms with Gasteiger partial charge in [0.1, 0.15) is 12.4 Å². The quantitative estimate of drug-likeness (QED) is 0.390. The molecule has 2 N–H and O–H groups in total. The average molecular weight is 503 g/mol. The Morgan fingerprint density at radius 1 is 0.973 bits per heavy atom. The third-order valence-electron chi connectivity index (χ3n) is 6.67. The average Bonchev–Trinajstić information content (AvgIpc) is 2.92. The van der Waals surface area contributed by atoms with E-state index in [1.807, 2.05) is 60.4 Å². The van der Waals surface area contributed by atoms with Gasteiger partial charge in [0, 0.05) is 44.4 Å². The van der Waals surface area contributed by atoms with Crippen LogP contribution >= 0.6 is 0 Å². The number of methoxy groups -OCH3 is 1. The summed E-state index contributed by atoms with van der Waals surface area (Å²) in [4.78, 5) is 36.8. The van der Waals surface area contributed by atoms with E-state index in [2.05, 4.69) is 11.9 Å². The molecule has 3 aromatic carbocycles. The van der Waals surface area contributed by atoms with Crippen molar-refractivity contribution in [2.45, 2.75) is 13.5 Å². The van der Waals surface area contributed by atoms with E-state index in [1.165, 1.54) is 12.2 Å². The number of nitrogen functional groups attached to an aromatic ring is 1. The summed E-state index contributed by atoms with van der Waals surface area (Å²) in [5, 5.41) is 1.20. The third-order valence-corrected chi connectivity index (χ3v) is 6.67. The van der Waals surface area contributed by atoms with Crippen molar-refractivity contribution in [1.82, 2.24) is 14.9 Å². The molecule has 0 aliphatic carbocycles. The monoisotopic (exact) mass is 502 g/mol. The maximum Gasteiger partial charge on any atom is 0.277 e. The van der Waals surface area contributed by atoms with Gasteiger partial charge >= 0.3 is 0 Å². The van der Waals surface area contributed by atoms with E-state index < -0.39 is 0 Å². The number of carbonyl (C=O) groups is 2.